The van der Waals surface area contributed by atoms with Gasteiger partial charge in [-0.15, -0.1) is 0 Å². The van der Waals surface area contributed by atoms with E-state index < -0.39 is 21.2 Å². The number of halogens is 1. The molecule has 3 rings (SSSR count). The van der Waals surface area contributed by atoms with Gasteiger partial charge in [0.1, 0.15) is 18.1 Å². The standard InChI is InChI=1S/C21H17ClO7S/c1-13(23)27-12-17-11-19(24)21(28-16-7-5-15(22)6-8-16)20(29-17)14-3-9-18(10-4-14)30(2,25)26/h3-11H,12H2,1-2H3. The summed E-state index contributed by atoms with van der Waals surface area (Å²) in [5.74, 6) is -0.0943. The van der Waals surface area contributed by atoms with Crippen LogP contribution >= 0.6 is 11.6 Å². The van der Waals surface area contributed by atoms with Crippen LogP contribution in [0.2, 0.25) is 5.02 Å². The minimum absolute atomic E-state index is 0.0691. The van der Waals surface area contributed by atoms with Gasteiger partial charge in [-0.25, -0.2) is 8.42 Å². The fourth-order valence-corrected chi connectivity index (χ4v) is 3.29. The van der Waals surface area contributed by atoms with Gasteiger partial charge in [0.15, 0.2) is 15.6 Å². The number of rotatable bonds is 6. The number of ether oxygens (including phenoxy) is 2. The van der Waals surface area contributed by atoms with E-state index in [0.717, 1.165) is 6.26 Å². The van der Waals surface area contributed by atoms with E-state index in [1.54, 1.807) is 24.3 Å². The molecule has 3 aromatic rings. The Labute approximate surface area is 177 Å². The summed E-state index contributed by atoms with van der Waals surface area (Å²) in [5, 5.41) is 0.503. The zero-order valence-electron chi connectivity index (χ0n) is 16.0. The Morgan fingerprint density at radius 2 is 1.70 bits per heavy atom. The molecule has 0 N–H and O–H groups in total. The Morgan fingerprint density at radius 1 is 1.07 bits per heavy atom. The average Bonchev–Trinajstić information content (AvgIpc) is 2.69. The van der Waals surface area contributed by atoms with Crippen molar-refractivity contribution in [2.75, 3.05) is 6.26 Å². The molecule has 1 heterocycles. The normalized spacial score (nSPS) is 11.2. The van der Waals surface area contributed by atoms with Crippen LogP contribution in [-0.4, -0.2) is 20.6 Å². The zero-order chi connectivity index (χ0) is 21.9. The van der Waals surface area contributed by atoms with Gasteiger partial charge in [0.2, 0.25) is 11.2 Å². The van der Waals surface area contributed by atoms with Gasteiger partial charge in [-0.1, -0.05) is 11.6 Å². The monoisotopic (exact) mass is 448 g/mol. The third-order valence-electron chi connectivity index (χ3n) is 3.95. The number of carbonyl (C=O) groups is 1. The van der Waals surface area contributed by atoms with E-state index in [1.807, 2.05) is 0 Å². The maximum atomic E-state index is 12.7. The zero-order valence-corrected chi connectivity index (χ0v) is 17.6. The third-order valence-corrected chi connectivity index (χ3v) is 5.33. The Morgan fingerprint density at radius 3 is 2.27 bits per heavy atom. The maximum Gasteiger partial charge on any atom is 0.303 e. The van der Waals surface area contributed by atoms with E-state index in [0.29, 0.717) is 16.3 Å². The fraction of sp³-hybridized carbons (Fsp3) is 0.143. The smallest absolute Gasteiger partial charge is 0.303 e. The maximum absolute atomic E-state index is 12.7. The van der Waals surface area contributed by atoms with Gasteiger partial charge >= 0.3 is 5.97 Å². The van der Waals surface area contributed by atoms with Crippen molar-refractivity contribution < 1.29 is 27.1 Å². The predicted molar refractivity (Wildman–Crippen MR) is 111 cm³/mol. The molecule has 7 nitrogen and oxygen atoms in total. The number of benzene rings is 2. The number of carbonyl (C=O) groups excluding carboxylic acids is 1. The lowest BCUT2D eigenvalue weighted by atomic mass is 10.1. The molecular weight excluding hydrogens is 432 g/mol. The summed E-state index contributed by atoms with van der Waals surface area (Å²) >= 11 is 5.88. The van der Waals surface area contributed by atoms with Gasteiger partial charge in [0.05, 0.1) is 4.90 Å². The van der Waals surface area contributed by atoms with E-state index >= 15 is 0 Å². The van der Waals surface area contributed by atoms with Gasteiger partial charge in [-0.2, -0.15) is 0 Å². The molecule has 0 bridgehead atoms. The van der Waals surface area contributed by atoms with Crippen molar-refractivity contribution in [2.45, 2.75) is 18.4 Å². The van der Waals surface area contributed by atoms with Crippen LogP contribution in [0, 0.1) is 0 Å². The Hall–Kier alpha value is -3.10. The molecule has 0 atom stereocenters. The molecule has 0 fully saturated rings. The molecule has 0 aliphatic rings. The molecule has 0 saturated carbocycles. The second-order valence-corrected chi connectivity index (χ2v) is 8.82. The van der Waals surface area contributed by atoms with Crippen LogP contribution in [0.15, 0.2) is 68.7 Å². The number of hydrogen-bond donors (Lipinski definition) is 0. The van der Waals surface area contributed by atoms with Crippen molar-refractivity contribution >= 4 is 27.4 Å². The van der Waals surface area contributed by atoms with Crippen molar-refractivity contribution in [2.24, 2.45) is 0 Å². The summed E-state index contributed by atoms with van der Waals surface area (Å²) in [4.78, 5) is 23.9. The van der Waals surface area contributed by atoms with Crippen LogP contribution in [-0.2, 0) is 26.0 Å². The van der Waals surface area contributed by atoms with Crippen LogP contribution in [0.25, 0.3) is 11.3 Å². The molecule has 0 saturated heterocycles. The Balaban J connectivity index is 2.09. The van der Waals surface area contributed by atoms with Crippen LogP contribution in [0.1, 0.15) is 12.7 Å². The quantitative estimate of drug-likeness (QED) is 0.520. The summed E-state index contributed by atoms with van der Waals surface area (Å²) in [6.45, 7) is 1.00. The Kier molecular flexibility index (Phi) is 6.28. The van der Waals surface area contributed by atoms with Crippen LogP contribution in [0.5, 0.6) is 11.5 Å². The first-order chi connectivity index (χ1) is 14.1. The highest BCUT2D eigenvalue weighted by molar-refractivity contribution is 7.90. The summed E-state index contributed by atoms with van der Waals surface area (Å²) in [6.07, 6.45) is 1.09. The molecule has 0 spiro atoms. The molecule has 0 amide bonds. The first-order valence-electron chi connectivity index (χ1n) is 8.68. The lowest BCUT2D eigenvalue weighted by Crippen LogP contribution is -2.09. The van der Waals surface area contributed by atoms with E-state index in [1.165, 1.54) is 37.3 Å². The minimum Gasteiger partial charge on any atom is -0.458 e. The molecule has 2 aromatic carbocycles. The molecule has 30 heavy (non-hydrogen) atoms. The molecule has 0 radical (unpaired) electrons. The van der Waals surface area contributed by atoms with Crippen molar-refractivity contribution in [3.63, 3.8) is 0 Å². The van der Waals surface area contributed by atoms with Crippen molar-refractivity contribution in [1.82, 2.24) is 0 Å². The van der Waals surface area contributed by atoms with E-state index in [9.17, 15) is 18.0 Å². The van der Waals surface area contributed by atoms with Crippen molar-refractivity contribution in [3.8, 4) is 22.8 Å². The minimum atomic E-state index is -3.39. The molecule has 0 aliphatic heterocycles. The topological polar surface area (TPSA) is 99.9 Å². The highest BCUT2D eigenvalue weighted by atomic mass is 35.5. The second-order valence-electron chi connectivity index (χ2n) is 6.37. The Bertz CT molecular complexity index is 1230. The molecule has 9 heteroatoms. The van der Waals surface area contributed by atoms with E-state index in [4.69, 9.17) is 25.5 Å². The van der Waals surface area contributed by atoms with Gasteiger partial charge in [0, 0.05) is 29.8 Å². The summed E-state index contributed by atoms with van der Waals surface area (Å²) in [5.41, 5.74) is -0.0892. The van der Waals surface area contributed by atoms with Gasteiger partial charge in [-0.05, 0) is 48.5 Å². The lowest BCUT2D eigenvalue weighted by Gasteiger charge is -2.12. The first kappa shape index (κ1) is 21.6. The average molecular weight is 449 g/mol. The van der Waals surface area contributed by atoms with Gasteiger partial charge in [0.25, 0.3) is 0 Å². The third kappa shape index (κ3) is 5.28. The fourth-order valence-electron chi connectivity index (χ4n) is 2.54. The first-order valence-corrected chi connectivity index (χ1v) is 10.9. The van der Waals surface area contributed by atoms with Crippen LogP contribution in [0.3, 0.4) is 0 Å². The number of hydrogen-bond acceptors (Lipinski definition) is 7. The van der Waals surface area contributed by atoms with Crippen molar-refractivity contribution in [3.05, 3.63) is 75.6 Å². The molecule has 156 valence electrons. The summed E-state index contributed by atoms with van der Waals surface area (Å²) in [7, 11) is -3.39. The molecule has 0 aliphatic carbocycles. The molecular formula is C21H17ClO7S. The molecule has 1 aromatic heterocycles. The van der Waals surface area contributed by atoms with Crippen LogP contribution in [0.4, 0.5) is 0 Å². The van der Waals surface area contributed by atoms with E-state index in [-0.39, 0.29) is 28.8 Å². The number of esters is 1. The van der Waals surface area contributed by atoms with E-state index in [2.05, 4.69) is 0 Å². The molecule has 0 unspecified atom stereocenters. The van der Waals surface area contributed by atoms with Crippen molar-refractivity contribution in [1.29, 1.82) is 0 Å². The second kappa shape index (κ2) is 8.73. The van der Waals surface area contributed by atoms with Gasteiger partial charge in [-0.3, -0.25) is 9.59 Å². The predicted octanol–water partition coefficient (Wildman–Crippen LogP) is 4.22. The summed E-state index contributed by atoms with van der Waals surface area (Å²) in [6, 6.07) is 13.4. The largest absolute Gasteiger partial charge is 0.458 e. The lowest BCUT2D eigenvalue weighted by molar-refractivity contribution is -0.142. The number of sulfone groups is 1. The highest BCUT2D eigenvalue weighted by Crippen LogP contribution is 2.32. The SMILES string of the molecule is CC(=O)OCc1cc(=O)c(Oc2ccc(Cl)cc2)c(-c2ccc(S(C)(=O)=O)cc2)o1. The van der Waals surface area contributed by atoms with Gasteiger partial charge < -0.3 is 13.9 Å². The van der Waals surface area contributed by atoms with Crippen LogP contribution < -0.4 is 10.2 Å². The highest BCUT2D eigenvalue weighted by Gasteiger charge is 2.18. The summed E-state index contributed by atoms with van der Waals surface area (Å²) < 4.78 is 39.8.